The van der Waals surface area contributed by atoms with Gasteiger partial charge in [-0.3, -0.25) is 9.48 Å². The van der Waals surface area contributed by atoms with Gasteiger partial charge in [-0.25, -0.2) is 0 Å². The van der Waals surface area contributed by atoms with E-state index in [1.165, 1.54) is 18.3 Å². The summed E-state index contributed by atoms with van der Waals surface area (Å²) in [5, 5.41) is 4.04. The molecule has 0 atom stereocenters. The lowest BCUT2D eigenvalue weighted by Gasteiger charge is -2.08. The number of hydrogen-bond donors (Lipinski definition) is 0. The molecule has 3 nitrogen and oxygen atoms in total. The fourth-order valence-electron chi connectivity index (χ4n) is 2.00. The van der Waals surface area contributed by atoms with E-state index in [0.29, 0.717) is 17.7 Å². The van der Waals surface area contributed by atoms with Gasteiger partial charge < -0.3 is 0 Å². The third kappa shape index (κ3) is 3.93. The van der Waals surface area contributed by atoms with Crippen LogP contribution in [0.2, 0.25) is 0 Å². The number of ketones is 1. The van der Waals surface area contributed by atoms with Crippen molar-refractivity contribution in [2.75, 3.05) is 0 Å². The Balaban J connectivity index is 2.12. The molecule has 1 aromatic carbocycles. The second kappa shape index (κ2) is 6.11. The van der Waals surface area contributed by atoms with Gasteiger partial charge in [0.05, 0.1) is 17.3 Å². The van der Waals surface area contributed by atoms with Crippen molar-refractivity contribution in [3.63, 3.8) is 0 Å². The largest absolute Gasteiger partial charge is 0.416 e. The molecule has 0 spiro atoms. The Morgan fingerprint density at radius 3 is 2.76 bits per heavy atom. The molecule has 2 rings (SSSR count). The predicted molar refractivity (Wildman–Crippen MR) is 72.0 cm³/mol. The highest BCUT2D eigenvalue weighted by atomic mass is 19.4. The van der Waals surface area contributed by atoms with Gasteiger partial charge in [0.25, 0.3) is 0 Å². The highest BCUT2D eigenvalue weighted by Gasteiger charge is 2.30. The Labute approximate surface area is 120 Å². The molecule has 0 saturated heterocycles. The average Bonchev–Trinajstić information content (AvgIpc) is 2.87. The zero-order chi connectivity index (χ0) is 15.5. The number of Topliss-reactive ketones (excluding diaryl/α,β-unsaturated/α-hetero) is 1. The first-order valence-electron chi connectivity index (χ1n) is 6.62. The topological polar surface area (TPSA) is 34.9 Å². The zero-order valence-corrected chi connectivity index (χ0v) is 11.5. The Bertz CT molecular complexity index is 632. The number of hydrogen-bond acceptors (Lipinski definition) is 2. The second-order valence-corrected chi connectivity index (χ2v) is 4.79. The van der Waals surface area contributed by atoms with Crippen LogP contribution in [0.5, 0.6) is 0 Å². The molecule has 0 unspecified atom stereocenters. The molecule has 1 heterocycles. The van der Waals surface area contributed by atoms with Crippen molar-refractivity contribution >= 4 is 5.78 Å². The van der Waals surface area contributed by atoms with E-state index in [-0.39, 0.29) is 12.2 Å². The smallest absolute Gasteiger partial charge is 0.294 e. The summed E-state index contributed by atoms with van der Waals surface area (Å²) in [6.07, 6.45) is -0.499. The monoisotopic (exact) mass is 296 g/mol. The number of rotatable bonds is 5. The van der Waals surface area contributed by atoms with Crippen LogP contribution in [0.4, 0.5) is 13.2 Å². The summed E-state index contributed by atoms with van der Waals surface area (Å²) >= 11 is 0. The van der Waals surface area contributed by atoms with Gasteiger partial charge in [0.1, 0.15) is 0 Å². The minimum Gasteiger partial charge on any atom is -0.294 e. The maximum atomic E-state index is 12.6. The minimum absolute atomic E-state index is 0.0677. The van der Waals surface area contributed by atoms with Crippen LogP contribution in [0.1, 0.15) is 34.8 Å². The van der Waals surface area contributed by atoms with Gasteiger partial charge >= 0.3 is 6.18 Å². The maximum absolute atomic E-state index is 12.6. The van der Waals surface area contributed by atoms with Gasteiger partial charge in [0, 0.05) is 19.2 Å². The molecule has 0 radical (unpaired) electrons. The normalized spacial score (nSPS) is 11.6. The molecule has 21 heavy (non-hydrogen) atoms. The van der Waals surface area contributed by atoms with Crippen LogP contribution in [0.25, 0.3) is 0 Å². The molecule has 112 valence electrons. The summed E-state index contributed by atoms with van der Waals surface area (Å²) in [5.41, 5.74) is 0.0217. The molecule has 2 aromatic rings. The van der Waals surface area contributed by atoms with Gasteiger partial charge in [-0.2, -0.15) is 18.3 Å². The third-order valence-corrected chi connectivity index (χ3v) is 3.03. The fourth-order valence-corrected chi connectivity index (χ4v) is 2.00. The quantitative estimate of drug-likeness (QED) is 0.788. The van der Waals surface area contributed by atoms with Crippen molar-refractivity contribution in [3.05, 3.63) is 53.3 Å². The van der Waals surface area contributed by atoms with Crippen molar-refractivity contribution in [1.82, 2.24) is 9.78 Å². The van der Waals surface area contributed by atoms with E-state index >= 15 is 0 Å². The average molecular weight is 296 g/mol. The summed E-state index contributed by atoms with van der Waals surface area (Å²) in [5.74, 6) is -0.239. The Hall–Kier alpha value is -2.11. The van der Waals surface area contributed by atoms with Gasteiger partial charge in [-0.1, -0.05) is 25.1 Å². The number of alkyl halides is 3. The lowest BCUT2D eigenvalue weighted by atomic mass is 10.0. The van der Waals surface area contributed by atoms with Crippen molar-refractivity contribution in [2.24, 2.45) is 0 Å². The summed E-state index contributed by atoms with van der Waals surface area (Å²) in [4.78, 5) is 12.1. The van der Waals surface area contributed by atoms with E-state index in [1.807, 2.05) is 6.92 Å². The minimum atomic E-state index is -4.40. The third-order valence-electron chi connectivity index (χ3n) is 3.03. The maximum Gasteiger partial charge on any atom is 0.416 e. The van der Waals surface area contributed by atoms with Crippen LogP contribution >= 0.6 is 0 Å². The number of nitrogens with zero attached hydrogens (tertiary/aromatic N) is 2. The number of halogens is 3. The van der Waals surface area contributed by atoms with E-state index in [9.17, 15) is 18.0 Å². The molecule has 0 N–H and O–H groups in total. The second-order valence-electron chi connectivity index (χ2n) is 4.79. The number of aromatic nitrogens is 2. The Morgan fingerprint density at radius 2 is 2.10 bits per heavy atom. The molecular weight excluding hydrogens is 281 g/mol. The van der Waals surface area contributed by atoms with Gasteiger partial charge in [-0.05, 0) is 18.1 Å². The molecule has 0 aliphatic heterocycles. The summed E-state index contributed by atoms with van der Waals surface area (Å²) in [6.45, 7) is 2.70. The van der Waals surface area contributed by atoms with E-state index < -0.39 is 11.7 Å². The summed E-state index contributed by atoms with van der Waals surface area (Å²) < 4.78 is 39.5. The fraction of sp³-hybridized carbons (Fsp3) is 0.333. The van der Waals surface area contributed by atoms with Crippen LogP contribution in [0, 0.1) is 0 Å². The predicted octanol–water partition coefficient (Wildman–Crippen LogP) is 3.74. The molecule has 0 fully saturated rings. The molecule has 0 aliphatic rings. The van der Waals surface area contributed by atoms with Gasteiger partial charge in [-0.15, -0.1) is 0 Å². The van der Waals surface area contributed by atoms with Crippen molar-refractivity contribution < 1.29 is 18.0 Å². The first kappa shape index (κ1) is 15.3. The molecular formula is C15H15F3N2O. The highest BCUT2D eigenvalue weighted by molar-refractivity contribution is 5.97. The molecule has 0 aliphatic carbocycles. The highest BCUT2D eigenvalue weighted by Crippen LogP contribution is 2.29. The molecule has 0 saturated carbocycles. The van der Waals surface area contributed by atoms with Crippen molar-refractivity contribution in [3.8, 4) is 0 Å². The lowest BCUT2D eigenvalue weighted by molar-refractivity contribution is -0.137. The standard InChI is InChI=1S/C15H15F3N2O/c1-2-6-20-10-12(9-19-20)14(21)8-11-4-3-5-13(7-11)15(16,17)18/h3-5,7,9-10H,2,6,8H2,1H3. The SMILES string of the molecule is CCCn1cc(C(=O)Cc2cccc(C(F)(F)F)c2)cn1. The van der Waals surface area contributed by atoms with Crippen molar-refractivity contribution in [1.29, 1.82) is 0 Å². The number of carbonyl (C=O) groups is 1. The first-order chi connectivity index (χ1) is 9.90. The molecule has 6 heteroatoms. The first-order valence-corrected chi connectivity index (χ1v) is 6.62. The Morgan fingerprint density at radius 1 is 1.33 bits per heavy atom. The number of aryl methyl sites for hydroxylation is 1. The van der Waals surface area contributed by atoms with Crippen LogP contribution < -0.4 is 0 Å². The molecule has 0 bridgehead atoms. The zero-order valence-electron chi connectivity index (χ0n) is 11.5. The summed E-state index contributed by atoms with van der Waals surface area (Å²) in [7, 11) is 0. The van der Waals surface area contributed by atoms with E-state index in [2.05, 4.69) is 5.10 Å². The van der Waals surface area contributed by atoms with Crippen LogP contribution in [-0.4, -0.2) is 15.6 Å². The molecule has 0 amide bonds. The van der Waals surface area contributed by atoms with Gasteiger partial charge in [0.2, 0.25) is 0 Å². The number of carbonyl (C=O) groups excluding carboxylic acids is 1. The van der Waals surface area contributed by atoms with Gasteiger partial charge in [0.15, 0.2) is 5.78 Å². The van der Waals surface area contributed by atoms with Crippen LogP contribution in [0.3, 0.4) is 0 Å². The lowest BCUT2D eigenvalue weighted by Crippen LogP contribution is -2.07. The Kier molecular flexibility index (Phi) is 4.45. The number of benzene rings is 1. The summed E-state index contributed by atoms with van der Waals surface area (Å²) in [6, 6.07) is 4.83. The molecule has 1 aromatic heterocycles. The van der Waals surface area contributed by atoms with Crippen LogP contribution in [-0.2, 0) is 19.1 Å². The van der Waals surface area contributed by atoms with E-state index in [4.69, 9.17) is 0 Å². The van der Waals surface area contributed by atoms with E-state index in [0.717, 1.165) is 18.6 Å². The van der Waals surface area contributed by atoms with E-state index in [1.54, 1.807) is 10.9 Å². The van der Waals surface area contributed by atoms with Crippen molar-refractivity contribution in [2.45, 2.75) is 32.5 Å². The van der Waals surface area contributed by atoms with Crippen LogP contribution in [0.15, 0.2) is 36.7 Å².